The Bertz CT molecular complexity index is 431. The molecule has 0 saturated heterocycles. The molecule has 0 N–H and O–H groups in total. The van der Waals surface area contributed by atoms with Crippen LogP contribution in [0.5, 0.6) is 0 Å². The van der Waals surface area contributed by atoms with E-state index in [0.29, 0.717) is 5.92 Å². The number of aromatic nitrogens is 2. The van der Waals surface area contributed by atoms with E-state index in [1.54, 1.807) is 11.3 Å². The molecule has 13 heavy (non-hydrogen) atoms. The molecule has 0 radical (unpaired) electrons. The van der Waals surface area contributed by atoms with E-state index >= 15 is 0 Å². The third kappa shape index (κ3) is 1.33. The zero-order valence-electron chi connectivity index (χ0n) is 8.03. The molecule has 68 valence electrons. The summed E-state index contributed by atoms with van der Waals surface area (Å²) in [6.07, 6.45) is 1.91. The summed E-state index contributed by atoms with van der Waals surface area (Å²) in [6.45, 7) is 6.38. The van der Waals surface area contributed by atoms with Crippen molar-refractivity contribution in [3.8, 4) is 0 Å². The van der Waals surface area contributed by atoms with Crippen LogP contribution < -0.4 is 0 Å². The van der Waals surface area contributed by atoms with Crippen molar-refractivity contribution in [1.29, 1.82) is 0 Å². The number of hydrogen-bond donors (Lipinski definition) is 0. The fraction of sp³-hybridized carbons (Fsp3) is 0.400. The van der Waals surface area contributed by atoms with Crippen LogP contribution in [0.2, 0.25) is 0 Å². The van der Waals surface area contributed by atoms with Crippen LogP contribution in [0.3, 0.4) is 0 Å². The predicted molar refractivity (Wildman–Crippen MR) is 56.2 cm³/mol. The molecule has 0 bridgehead atoms. The van der Waals surface area contributed by atoms with Gasteiger partial charge in [0.2, 0.25) is 0 Å². The number of aryl methyl sites for hydroxylation is 1. The average molecular weight is 192 g/mol. The maximum absolute atomic E-state index is 4.45. The first-order valence-corrected chi connectivity index (χ1v) is 5.27. The fourth-order valence-electron chi connectivity index (χ4n) is 1.41. The van der Waals surface area contributed by atoms with E-state index in [0.717, 1.165) is 5.52 Å². The fourth-order valence-corrected chi connectivity index (χ4v) is 2.40. The van der Waals surface area contributed by atoms with E-state index in [9.17, 15) is 0 Å². The minimum absolute atomic E-state index is 0.476. The lowest BCUT2D eigenvalue weighted by atomic mass is 10.1. The van der Waals surface area contributed by atoms with Gasteiger partial charge < -0.3 is 0 Å². The Labute approximate surface area is 81.7 Å². The van der Waals surface area contributed by atoms with Gasteiger partial charge in [-0.2, -0.15) is 0 Å². The normalized spacial score (nSPS) is 11.4. The van der Waals surface area contributed by atoms with Crippen LogP contribution in [0.25, 0.3) is 10.2 Å². The number of pyridine rings is 1. The summed E-state index contributed by atoms with van der Waals surface area (Å²) in [5, 5.41) is 0. The molecule has 2 aromatic rings. The third-order valence-electron chi connectivity index (χ3n) is 2.12. The first kappa shape index (κ1) is 8.63. The molecule has 0 aliphatic carbocycles. The van der Waals surface area contributed by atoms with E-state index in [4.69, 9.17) is 0 Å². The second-order valence-electron chi connectivity index (χ2n) is 3.51. The van der Waals surface area contributed by atoms with Gasteiger partial charge in [-0.25, -0.2) is 4.98 Å². The maximum atomic E-state index is 4.45. The van der Waals surface area contributed by atoms with Gasteiger partial charge in [-0.05, 0) is 18.4 Å². The molecule has 0 saturated carbocycles. The number of thiazole rings is 1. The molecule has 3 heteroatoms. The van der Waals surface area contributed by atoms with E-state index in [1.807, 2.05) is 11.7 Å². The molecule has 2 aromatic heterocycles. The van der Waals surface area contributed by atoms with E-state index < -0.39 is 0 Å². The predicted octanol–water partition coefficient (Wildman–Crippen LogP) is 3.12. The third-order valence-corrected chi connectivity index (χ3v) is 2.97. The highest BCUT2D eigenvalue weighted by Gasteiger charge is 2.10. The summed E-state index contributed by atoms with van der Waals surface area (Å²) in [4.78, 5) is 8.79. The van der Waals surface area contributed by atoms with Gasteiger partial charge in [0.05, 0.1) is 21.4 Å². The Morgan fingerprint density at radius 1 is 1.31 bits per heavy atom. The van der Waals surface area contributed by atoms with Gasteiger partial charge in [0.1, 0.15) is 0 Å². The lowest BCUT2D eigenvalue weighted by Gasteiger charge is -2.05. The van der Waals surface area contributed by atoms with Gasteiger partial charge in [0.25, 0.3) is 0 Å². The van der Waals surface area contributed by atoms with Crippen LogP contribution in [0.4, 0.5) is 0 Å². The van der Waals surface area contributed by atoms with E-state index in [2.05, 4.69) is 30.7 Å². The molecule has 0 aliphatic heterocycles. The average Bonchev–Trinajstić information content (AvgIpc) is 2.53. The minimum Gasteiger partial charge on any atom is -0.259 e. The molecular weight excluding hydrogens is 180 g/mol. The van der Waals surface area contributed by atoms with Crippen LogP contribution in [-0.4, -0.2) is 9.97 Å². The van der Waals surface area contributed by atoms with Crippen molar-refractivity contribution in [2.24, 2.45) is 0 Å². The summed E-state index contributed by atoms with van der Waals surface area (Å²) in [5.41, 5.74) is 5.35. The first-order chi connectivity index (χ1) is 6.20. The lowest BCUT2D eigenvalue weighted by Crippen LogP contribution is -1.93. The zero-order chi connectivity index (χ0) is 9.42. The van der Waals surface area contributed by atoms with Crippen LogP contribution >= 0.6 is 11.3 Å². The standard InChI is InChI=1S/C10H12N2S/c1-6(2)8-10-9(12-5-13-10)7(3)4-11-8/h4-6H,1-3H3. The molecule has 0 atom stereocenters. The monoisotopic (exact) mass is 192 g/mol. The van der Waals surface area contributed by atoms with Gasteiger partial charge in [-0.1, -0.05) is 13.8 Å². The number of hydrogen-bond acceptors (Lipinski definition) is 3. The smallest absolute Gasteiger partial charge is 0.0875 e. The van der Waals surface area contributed by atoms with Gasteiger partial charge >= 0.3 is 0 Å². The number of fused-ring (bicyclic) bond motifs is 1. The van der Waals surface area contributed by atoms with Gasteiger partial charge in [0.15, 0.2) is 0 Å². The SMILES string of the molecule is Cc1cnc(C(C)C)c2scnc12. The molecule has 0 spiro atoms. The Morgan fingerprint density at radius 2 is 2.08 bits per heavy atom. The zero-order valence-corrected chi connectivity index (χ0v) is 8.85. The summed E-state index contributed by atoms with van der Waals surface area (Å²) >= 11 is 1.68. The number of nitrogens with zero attached hydrogens (tertiary/aromatic N) is 2. The largest absolute Gasteiger partial charge is 0.259 e. The Morgan fingerprint density at radius 3 is 2.77 bits per heavy atom. The molecule has 2 nitrogen and oxygen atoms in total. The molecule has 0 fully saturated rings. The van der Waals surface area contributed by atoms with Crippen molar-refractivity contribution in [3.63, 3.8) is 0 Å². The molecule has 0 unspecified atom stereocenters. The summed E-state index contributed by atoms with van der Waals surface area (Å²) in [6, 6.07) is 0. The lowest BCUT2D eigenvalue weighted by molar-refractivity contribution is 0.835. The van der Waals surface area contributed by atoms with Crippen molar-refractivity contribution in [1.82, 2.24) is 9.97 Å². The first-order valence-electron chi connectivity index (χ1n) is 4.39. The van der Waals surface area contributed by atoms with Crippen molar-refractivity contribution in [2.45, 2.75) is 26.7 Å². The van der Waals surface area contributed by atoms with Gasteiger partial charge in [0, 0.05) is 6.20 Å². The minimum atomic E-state index is 0.476. The quantitative estimate of drug-likeness (QED) is 0.693. The molecule has 0 amide bonds. The summed E-state index contributed by atoms with van der Waals surface area (Å²) in [5.74, 6) is 0.476. The highest BCUT2D eigenvalue weighted by Crippen LogP contribution is 2.27. The van der Waals surface area contributed by atoms with Crippen molar-refractivity contribution < 1.29 is 0 Å². The Balaban J connectivity index is 2.78. The van der Waals surface area contributed by atoms with Crippen molar-refractivity contribution >= 4 is 21.6 Å². The second-order valence-corrected chi connectivity index (χ2v) is 4.37. The highest BCUT2D eigenvalue weighted by atomic mass is 32.1. The Kier molecular flexibility index (Phi) is 2.04. The van der Waals surface area contributed by atoms with Crippen LogP contribution in [0.15, 0.2) is 11.7 Å². The number of rotatable bonds is 1. The molecule has 0 aromatic carbocycles. The van der Waals surface area contributed by atoms with Crippen LogP contribution in [0, 0.1) is 6.92 Å². The van der Waals surface area contributed by atoms with E-state index in [1.165, 1.54) is 16.0 Å². The topological polar surface area (TPSA) is 25.8 Å². The molecular formula is C10H12N2S. The molecule has 2 heterocycles. The van der Waals surface area contributed by atoms with Crippen molar-refractivity contribution in [3.05, 3.63) is 23.0 Å². The maximum Gasteiger partial charge on any atom is 0.0875 e. The van der Waals surface area contributed by atoms with E-state index in [-0.39, 0.29) is 0 Å². The van der Waals surface area contributed by atoms with Crippen molar-refractivity contribution in [2.75, 3.05) is 0 Å². The summed E-state index contributed by atoms with van der Waals surface area (Å²) in [7, 11) is 0. The second kappa shape index (κ2) is 3.07. The molecule has 0 aliphatic rings. The summed E-state index contributed by atoms with van der Waals surface area (Å²) < 4.78 is 1.25. The highest BCUT2D eigenvalue weighted by molar-refractivity contribution is 7.16. The van der Waals surface area contributed by atoms with Crippen LogP contribution in [0.1, 0.15) is 31.0 Å². The van der Waals surface area contributed by atoms with Gasteiger partial charge in [-0.3, -0.25) is 4.98 Å². The van der Waals surface area contributed by atoms with Crippen LogP contribution in [-0.2, 0) is 0 Å². The Hall–Kier alpha value is -0.960. The molecule has 2 rings (SSSR count). The van der Waals surface area contributed by atoms with Gasteiger partial charge in [-0.15, -0.1) is 11.3 Å².